The molecule has 0 radical (unpaired) electrons. The second kappa shape index (κ2) is 7.16. The summed E-state index contributed by atoms with van der Waals surface area (Å²) in [6.45, 7) is 7.12. The molecule has 14 heavy (non-hydrogen) atoms. The van der Waals surface area contributed by atoms with E-state index in [9.17, 15) is 0 Å². The van der Waals surface area contributed by atoms with Gasteiger partial charge in [0.25, 0.3) is 0 Å². The first kappa shape index (κ1) is 13.8. The van der Waals surface area contributed by atoms with Crippen molar-refractivity contribution in [2.45, 2.75) is 0 Å². The fraction of sp³-hybridized carbons (Fsp3) is 1.00. The molecule has 0 unspecified atom stereocenters. The van der Waals surface area contributed by atoms with E-state index in [2.05, 4.69) is 76.1 Å². The SMILES string of the molecule is BrBr.BrBr.C1N2CN3CN1CN(C2)C3. The van der Waals surface area contributed by atoms with Gasteiger partial charge in [-0.1, -0.05) is 0 Å². The molecule has 0 N–H and O–H groups in total. The van der Waals surface area contributed by atoms with E-state index >= 15 is 0 Å². The van der Waals surface area contributed by atoms with Crippen molar-refractivity contribution in [3.63, 3.8) is 0 Å². The van der Waals surface area contributed by atoms with Crippen molar-refractivity contribution >= 4 is 56.5 Å². The smallest absolute Gasteiger partial charge is 0.0555 e. The summed E-state index contributed by atoms with van der Waals surface area (Å²) in [4.78, 5) is 9.88. The highest BCUT2D eigenvalue weighted by molar-refractivity contribution is 9.93. The predicted molar refractivity (Wildman–Crippen MR) is 72.3 cm³/mol. The highest BCUT2D eigenvalue weighted by Gasteiger charge is 2.36. The lowest BCUT2D eigenvalue weighted by Gasteiger charge is -2.56. The quantitative estimate of drug-likeness (QED) is 0.551. The summed E-state index contributed by atoms with van der Waals surface area (Å²) in [5.41, 5.74) is 0. The van der Waals surface area contributed by atoms with E-state index in [1.807, 2.05) is 0 Å². The van der Waals surface area contributed by atoms with Gasteiger partial charge in [-0.15, -0.1) is 0 Å². The molecule has 4 aliphatic heterocycles. The molecule has 4 bridgehead atoms. The standard InChI is InChI=1S/C6H12N4.2Br2/c1-7-2-9-4-8(1)5-10(3-7)6-9;2*1-2/h1-6H2;;. The lowest BCUT2D eigenvalue weighted by molar-refractivity contribution is -0.194. The molecule has 4 fully saturated rings. The fourth-order valence-electron chi connectivity index (χ4n) is 2.23. The van der Waals surface area contributed by atoms with Gasteiger partial charge >= 0.3 is 0 Å². The van der Waals surface area contributed by atoms with Gasteiger partial charge in [0, 0.05) is 56.5 Å². The summed E-state index contributed by atoms with van der Waals surface area (Å²) in [7, 11) is 0. The van der Waals surface area contributed by atoms with Crippen LogP contribution >= 0.6 is 56.5 Å². The highest BCUT2D eigenvalue weighted by Crippen LogP contribution is 2.20. The third kappa shape index (κ3) is 3.38. The molecule has 8 heteroatoms. The van der Waals surface area contributed by atoms with Crippen LogP contribution in [0.1, 0.15) is 0 Å². The predicted octanol–water partition coefficient (Wildman–Crippen LogP) is 2.36. The Morgan fingerprint density at radius 3 is 0.714 bits per heavy atom. The number of rotatable bonds is 0. The molecule has 4 heterocycles. The summed E-state index contributed by atoms with van der Waals surface area (Å²) in [5, 5.41) is 0. The van der Waals surface area contributed by atoms with Gasteiger partial charge in [0.15, 0.2) is 0 Å². The number of hydrogen-bond acceptors (Lipinski definition) is 4. The van der Waals surface area contributed by atoms with Gasteiger partial charge in [-0.2, -0.15) is 0 Å². The van der Waals surface area contributed by atoms with E-state index < -0.39 is 0 Å². The van der Waals surface area contributed by atoms with E-state index in [1.54, 1.807) is 0 Å². The van der Waals surface area contributed by atoms with Crippen LogP contribution in [0, 0.1) is 0 Å². The molecule has 0 aromatic heterocycles. The van der Waals surface area contributed by atoms with Crippen LogP contribution in [0.4, 0.5) is 0 Å². The van der Waals surface area contributed by atoms with Crippen molar-refractivity contribution in [3.8, 4) is 0 Å². The number of hydrogen-bond donors (Lipinski definition) is 0. The van der Waals surface area contributed by atoms with Crippen LogP contribution in [0.2, 0.25) is 0 Å². The Hall–Kier alpha value is 1.76. The summed E-state index contributed by atoms with van der Waals surface area (Å²) < 4.78 is 0. The Kier molecular flexibility index (Phi) is 7.07. The molecule has 0 saturated carbocycles. The number of nitrogens with zero attached hydrogens (tertiary/aromatic N) is 4. The van der Waals surface area contributed by atoms with Gasteiger partial charge in [0.2, 0.25) is 0 Å². The Labute approximate surface area is 115 Å². The molecule has 0 aliphatic carbocycles. The molecule has 4 aliphatic rings. The van der Waals surface area contributed by atoms with E-state index in [-0.39, 0.29) is 0 Å². The maximum atomic E-state index is 2.75. The minimum absolute atomic E-state index is 1.19. The first-order chi connectivity index (χ1) is 6.90. The Morgan fingerprint density at radius 2 is 0.571 bits per heavy atom. The topological polar surface area (TPSA) is 13.0 Å². The first-order valence-electron chi connectivity index (χ1n) is 4.08. The summed E-state index contributed by atoms with van der Waals surface area (Å²) in [6.07, 6.45) is 0. The van der Waals surface area contributed by atoms with Gasteiger partial charge in [-0.05, 0) is 0 Å². The molecule has 4 rings (SSSR count). The van der Waals surface area contributed by atoms with Gasteiger partial charge < -0.3 is 0 Å². The molecule has 0 atom stereocenters. The second-order valence-corrected chi connectivity index (χ2v) is 3.53. The normalized spacial score (nSPS) is 42.0. The second-order valence-electron chi connectivity index (χ2n) is 3.53. The largest absolute Gasteiger partial charge is 0.264 e. The third-order valence-corrected chi connectivity index (χ3v) is 2.40. The molecule has 4 nitrogen and oxygen atoms in total. The van der Waals surface area contributed by atoms with E-state index in [0.717, 1.165) is 0 Å². The lowest BCUT2D eigenvalue weighted by atomic mass is 10.4. The Morgan fingerprint density at radius 1 is 0.429 bits per heavy atom. The van der Waals surface area contributed by atoms with Gasteiger partial charge in [0.1, 0.15) is 0 Å². The Bertz CT molecular complexity index is 113. The summed E-state index contributed by atoms with van der Waals surface area (Å²) in [5.74, 6) is 0. The van der Waals surface area contributed by atoms with E-state index in [1.165, 1.54) is 40.0 Å². The number of halogens is 4. The first-order valence-corrected chi connectivity index (χ1v) is 11.5. The zero-order valence-corrected chi connectivity index (χ0v) is 13.9. The molecule has 0 aromatic carbocycles. The molecular weight excluding hydrogens is 448 g/mol. The summed E-state index contributed by atoms with van der Waals surface area (Å²) >= 11 is 11.0. The van der Waals surface area contributed by atoms with Gasteiger partial charge in [-0.3, -0.25) is 19.6 Å². The van der Waals surface area contributed by atoms with Crippen LogP contribution in [0.15, 0.2) is 0 Å². The molecule has 4 saturated heterocycles. The maximum Gasteiger partial charge on any atom is 0.0555 e. The van der Waals surface area contributed by atoms with Crippen molar-refractivity contribution < 1.29 is 0 Å². The minimum atomic E-state index is 1.19. The minimum Gasteiger partial charge on any atom is -0.264 e. The monoisotopic (exact) mass is 456 g/mol. The van der Waals surface area contributed by atoms with Crippen molar-refractivity contribution in [1.82, 2.24) is 19.6 Å². The molecular formula is C6H12Br4N4. The van der Waals surface area contributed by atoms with E-state index in [0.29, 0.717) is 0 Å². The zero-order valence-electron chi connectivity index (χ0n) is 7.54. The Balaban J connectivity index is 0.000000222. The van der Waals surface area contributed by atoms with Gasteiger partial charge in [-0.25, -0.2) is 0 Å². The summed E-state index contributed by atoms with van der Waals surface area (Å²) in [6, 6.07) is 0. The van der Waals surface area contributed by atoms with Crippen LogP contribution in [-0.4, -0.2) is 59.6 Å². The molecule has 0 spiro atoms. The fourth-order valence-corrected chi connectivity index (χ4v) is 2.23. The van der Waals surface area contributed by atoms with E-state index in [4.69, 9.17) is 0 Å². The van der Waals surface area contributed by atoms with Crippen LogP contribution < -0.4 is 0 Å². The van der Waals surface area contributed by atoms with Gasteiger partial charge in [0.05, 0.1) is 40.0 Å². The average Bonchev–Trinajstić information content (AvgIpc) is 2.22. The zero-order chi connectivity index (χ0) is 10.6. The van der Waals surface area contributed by atoms with Crippen molar-refractivity contribution in [1.29, 1.82) is 0 Å². The maximum absolute atomic E-state index is 2.75. The molecule has 0 amide bonds. The van der Waals surface area contributed by atoms with Crippen LogP contribution in [0.25, 0.3) is 0 Å². The van der Waals surface area contributed by atoms with Crippen molar-refractivity contribution in [2.24, 2.45) is 0 Å². The van der Waals surface area contributed by atoms with Crippen LogP contribution in [-0.2, 0) is 0 Å². The van der Waals surface area contributed by atoms with Crippen LogP contribution in [0.3, 0.4) is 0 Å². The molecule has 0 aromatic rings. The van der Waals surface area contributed by atoms with Crippen molar-refractivity contribution in [3.05, 3.63) is 0 Å². The average molecular weight is 460 g/mol. The van der Waals surface area contributed by atoms with Crippen LogP contribution in [0.5, 0.6) is 0 Å². The molecule has 84 valence electrons. The van der Waals surface area contributed by atoms with Crippen molar-refractivity contribution in [2.75, 3.05) is 40.0 Å². The highest BCUT2D eigenvalue weighted by atomic mass is 80.9. The third-order valence-electron chi connectivity index (χ3n) is 2.40. The lowest BCUT2D eigenvalue weighted by Crippen LogP contribution is -2.71.